The summed E-state index contributed by atoms with van der Waals surface area (Å²) in [6.07, 6.45) is 4.35. The molecule has 2 aromatic rings. The van der Waals surface area contributed by atoms with Crippen LogP contribution in [0.25, 0.3) is 0 Å². The molecule has 0 saturated carbocycles. The summed E-state index contributed by atoms with van der Waals surface area (Å²) in [5.74, 6) is 0. The van der Waals surface area contributed by atoms with Crippen molar-refractivity contribution in [2.45, 2.75) is 23.1 Å². The number of aliphatic hydroxyl groups excluding tert-OH is 1. The Balaban J connectivity index is 2.28. The number of aromatic nitrogens is 3. The van der Waals surface area contributed by atoms with E-state index in [1.165, 1.54) is 18.1 Å². The van der Waals surface area contributed by atoms with E-state index in [4.69, 9.17) is 0 Å². The monoisotopic (exact) mass is 233 g/mol. The van der Waals surface area contributed by atoms with Crippen molar-refractivity contribution >= 4 is 11.8 Å². The highest BCUT2D eigenvalue weighted by Gasteiger charge is 2.10. The largest absolute Gasteiger partial charge is 0.389 e. The fourth-order valence-corrected chi connectivity index (χ4v) is 2.14. The summed E-state index contributed by atoms with van der Waals surface area (Å²) in [5.41, 5.74) is 0.811. The number of nitrogens with zero attached hydrogens (tertiary/aromatic N) is 3. The molecule has 0 bridgehead atoms. The standard InChI is InChI=1S/C11H11N3OS/c1-8(15)9-3-2-5-13-11(9)16-10-4-6-12-7-14-10/h2-8,15H,1H3/t8-/m1/s1. The van der Waals surface area contributed by atoms with Crippen molar-refractivity contribution < 1.29 is 5.11 Å². The van der Waals surface area contributed by atoms with Crippen LogP contribution >= 0.6 is 11.8 Å². The first kappa shape index (κ1) is 11.0. The molecule has 0 fully saturated rings. The molecule has 0 radical (unpaired) electrons. The van der Waals surface area contributed by atoms with E-state index in [1.54, 1.807) is 19.3 Å². The van der Waals surface area contributed by atoms with E-state index < -0.39 is 6.10 Å². The first-order chi connectivity index (χ1) is 7.77. The minimum absolute atomic E-state index is 0.530. The zero-order valence-electron chi connectivity index (χ0n) is 8.74. The second-order valence-electron chi connectivity index (χ2n) is 3.22. The van der Waals surface area contributed by atoms with Crippen LogP contribution < -0.4 is 0 Å². The summed E-state index contributed by atoms with van der Waals surface area (Å²) in [6.45, 7) is 1.72. The summed E-state index contributed by atoms with van der Waals surface area (Å²) < 4.78 is 0. The lowest BCUT2D eigenvalue weighted by Gasteiger charge is -2.09. The summed E-state index contributed by atoms with van der Waals surface area (Å²) >= 11 is 1.42. The normalized spacial score (nSPS) is 12.4. The summed E-state index contributed by atoms with van der Waals surface area (Å²) in [4.78, 5) is 12.2. The highest BCUT2D eigenvalue weighted by atomic mass is 32.2. The van der Waals surface area contributed by atoms with E-state index in [9.17, 15) is 5.11 Å². The molecular weight excluding hydrogens is 222 g/mol. The van der Waals surface area contributed by atoms with Gasteiger partial charge in [0.05, 0.1) is 6.10 Å². The molecule has 1 atom stereocenters. The Hall–Kier alpha value is -1.46. The van der Waals surface area contributed by atoms with Gasteiger partial charge >= 0.3 is 0 Å². The first-order valence-electron chi connectivity index (χ1n) is 4.84. The molecule has 0 aromatic carbocycles. The Morgan fingerprint density at radius 2 is 2.12 bits per heavy atom. The molecule has 2 aromatic heterocycles. The van der Waals surface area contributed by atoms with Crippen LogP contribution in [0.2, 0.25) is 0 Å². The molecule has 5 heteroatoms. The molecule has 0 aliphatic heterocycles. The lowest BCUT2D eigenvalue weighted by molar-refractivity contribution is 0.195. The van der Waals surface area contributed by atoms with Crippen LogP contribution in [0.4, 0.5) is 0 Å². The lowest BCUT2D eigenvalue weighted by atomic mass is 10.2. The maximum absolute atomic E-state index is 9.60. The van der Waals surface area contributed by atoms with Gasteiger partial charge in [-0.05, 0) is 30.8 Å². The predicted octanol–water partition coefficient (Wildman–Crippen LogP) is 2.08. The fraction of sp³-hybridized carbons (Fsp3) is 0.182. The second kappa shape index (κ2) is 5.05. The molecule has 1 N–H and O–H groups in total. The fourth-order valence-electron chi connectivity index (χ4n) is 1.24. The summed E-state index contributed by atoms with van der Waals surface area (Å²) in [6, 6.07) is 5.48. The number of hydrogen-bond acceptors (Lipinski definition) is 5. The zero-order valence-corrected chi connectivity index (χ0v) is 9.56. The Kier molecular flexibility index (Phi) is 3.48. The summed E-state index contributed by atoms with van der Waals surface area (Å²) in [5, 5.41) is 11.2. The summed E-state index contributed by atoms with van der Waals surface area (Å²) in [7, 11) is 0. The van der Waals surface area contributed by atoms with Crippen molar-refractivity contribution in [3.05, 3.63) is 42.5 Å². The molecule has 0 unspecified atom stereocenters. The number of aliphatic hydroxyl groups is 1. The van der Waals surface area contributed by atoms with Crippen molar-refractivity contribution in [3.8, 4) is 0 Å². The van der Waals surface area contributed by atoms with E-state index in [1.807, 2.05) is 18.2 Å². The molecular formula is C11H11N3OS. The quantitative estimate of drug-likeness (QED) is 0.822. The molecule has 0 spiro atoms. The van der Waals surface area contributed by atoms with E-state index in [2.05, 4.69) is 15.0 Å². The van der Waals surface area contributed by atoms with E-state index in [-0.39, 0.29) is 0 Å². The maximum atomic E-state index is 9.60. The second-order valence-corrected chi connectivity index (χ2v) is 4.23. The van der Waals surface area contributed by atoms with Crippen molar-refractivity contribution in [1.82, 2.24) is 15.0 Å². The molecule has 2 rings (SSSR count). The van der Waals surface area contributed by atoms with Crippen molar-refractivity contribution in [2.75, 3.05) is 0 Å². The van der Waals surface area contributed by atoms with Crippen LogP contribution in [-0.2, 0) is 0 Å². The van der Waals surface area contributed by atoms with Crippen LogP contribution in [0.15, 0.2) is 47.0 Å². The van der Waals surface area contributed by atoms with E-state index >= 15 is 0 Å². The Labute approximate surface area is 97.8 Å². The number of hydrogen-bond donors (Lipinski definition) is 1. The number of rotatable bonds is 3. The van der Waals surface area contributed by atoms with Crippen LogP contribution in [0, 0.1) is 0 Å². The Morgan fingerprint density at radius 3 is 2.81 bits per heavy atom. The molecule has 2 heterocycles. The topological polar surface area (TPSA) is 58.9 Å². The van der Waals surface area contributed by atoms with Crippen molar-refractivity contribution in [2.24, 2.45) is 0 Å². The maximum Gasteiger partial charge on any atom is 0.116 e. The average molecular weight is 233 g/mol. The third kappa shape index (κ3) is 2.56. The molecule has 4 nitrogen and oxygen atoms in total. The van der Waals surface area contributed by atoms with Crippen LogP contribution in [0.1, 0.15) is 18.6 Å². The van der Waals surface area contributed by atoms with Gasteiger partial charge < -0.3 is 5.11 Å². The Bertz CT molecular complexity index is 462. The van der Waals surface area contributed by atoms with Gasteiger partial charge in [0.2, 0.25) is 0 Å². The molecule has 82 valence electrons. The predicted molar refractivity (Wildman–Crippen MR) is 61.0 cm³/mol. The zero-order chi connectivity index (χ0) is 11.4. The lowest BCUT2D eigenvalue weighted by Crippen LogP contribution is -1.96. The van der Waals surface area contributed by atoms with E-state index in [0.717, 1.165) is 15.6 Å². The van der Waals surface area contributed by atoms with Gasteiger partial charge in [0.25, 0.3) is 0 Å². The minimum Gasteiger partial charge on any atom is -0.389 e. The molecule has 0 aliphatic rings. The molecule has 0 amide bonds. The van der Waals surface area contributed by atoms with E-state index in [0.29, 0.717) is 0 Å². The third-order valence-corrected chi connectivity index (χ3v) is 2.99. The van der Waals surface area contributed by atoms with Gasteiger partial charge in [-0.3, -0.25) is 0 Å². The van der Waals surface area contributed by atoms with Gasteiger partial charge in [-0.2, -0.15) is 0 Å². The highest BCUT2D eigenvalue weighted by Crippen LogP contribution is 2.29. The minimum atomic E-state index is -0.530. The van der Waals surface area contributed by atoms with Gasteiger partial charge in [-0.25, -0.2) is 15.0 Å². The highest BCUT2D eigenvalue weighted by molar-refractivity contribution is 7.99. The van der Waals surface area contributed by atoms with Crippen LogP contribution in [0.3, 0.4) is 0 Å². The molecule has 16 heavy (non-hydrogen) atoms. The van der Waals surface area contributed by atoms with Crippen molar-refractivity contribution in [1.29, 1.82) is 0 Å². The smallest absolute Gasteiger partial charge is 0.116 e. The van der Waals surface area contributed by atoms with Gasteiger partial charge in [-0.1, -0.05) is 6.07 Å². The van der Waals surface area contributed by atoms with Gasteiger partial charge in [0, 0.05) is 18.0 Å². The third-order valence-electron chi connectivity index (χ3n) is 2.01. The average Bonchev–Trinajstić information content (AvgIpc) is 2.31. The van der Waals surface area contributed by atoms with Crippen LogP contribution in [-0.4, -0.2) is 20.1 Å². The first-order valence-corrected chi connectivity index (χ1v) is 5.66. The van der Waals surface area contributed by atoms with Gasteiger partial charge in [0.15, 0.2) is 0 Å². The van der Waals surface area contributed by atoms with Crippen LogP contribution in [0.5, 0.6) is 0 Å². The number of pyridine rings is 1. The Morgan fingerprint density at radius 1 is 1.25 bits per heavy atom. The van der Waals surface area contributed by atoms with Gasteiger partial charge in [-0.15, -0.1) is 0 Å². The van der Waals surface area contributed by atoms with Gasteiger partial charge in [0.1, 0.15) is 16.4 Å². The SMILES string of the molecule is C[C@@H](O)c1cccnc1Sc1ccncn1. The molecule has 0 aliphatic carbocycles. The molecule has 0 saturated heterocycles. The van der Waals surface area contributed by atoms with Crippen molar-refractivity contribution in [3.63, 3.8) is 0 Å².